The van der Waals surface area contributed by atoms with Crippen LogP contribution < -0.4 is 5.32 Å². The predicted octanol–water partition coefficient (Wildman–Crippen LogP) is 2.70. The fourth-order valence-electron chi connectivity index (χ4n) is 2.47. The molecule has 0 bridgehead atoms. The van der Waals surface area contributed by atoms with Crippen molar-refractivity contribution in [2.24, 2.45) is 5.92 Å². The molecule has 0 aliphatic heterocycles. The molecule has 3 N–H and O–H groups in total. The zero-order chi connectivity index (χ0) is 14.4. The van der Waals surface area contributed by atoms with Crippen LogP contribution >= 0.6 is 0 Å². The largest absolute Gasteiger partial charge is 0.396 e. The molecular formula is C16H22N2O2. The van der Waals surface area contributed by atoms with E-state index in [1.54, 1.807) is 0 Å². The van der Waals surface area contributed by atoms with Crippen LogP contribution in [0, 0.1) is 5.92 Å². The van der Waals surface area contributed by atoms with E-state index in [4.69, 9.17) is 5.11 Å². The number of aliphatic hydroxyl groups is 1. The van der Waals surface area contributed by atoms with Crippen molar-refractivity contribution in [3.63, 3.8) is 0 Å². The number of rotatable bonds is 7. The van der Waals surface area contributed by atoms with Gasteiger partial charge in [0.05, 0.1) is 0 Å². The van der Waals surface area contributed by atoms with Crippen molar-refractivity contribution in [2.75, 3.05) is 13.2 Å². The molecule has 0 saturated heterocycles. The van der Waals surface area contributed by atoms with Crippen LogP contribution in [0.2, 0.25) is 0 Å². The summed E-state index contributed by atoms with van der Waals surface area (Å²) in [6, 6.07) is 7.59. The zero-order valence-corrected chi connectivity index (χ0v) is 11.9. The highest BCUT2D eigenvalue weighted by Gasteiger charge is 2.11. The summed E-state index contributed by atoms with van der Waals surface area (Å²) in [5.74, 6) is 0.303. The number of amides is 1. The fraction of sp³-hybridized carbons (Fsp3) is 0.438. The first-order valence-corrected chi connectivity index (χ1v) is 7.20. The standard InChI is InChI=1S/C16H22N2O2/c1-2-3-12(7-9-19)11-18-16(20)14-4-5-15-13(10-14)6-8-17-15/h4-6,8,10,12,17,19H,2-3,7,9,11H2,1H3,(H,18,20). The normalized spacial score (nSPS) is 12.5. The molecule has 0 spiro atoms. The molecule has 1 aromatic carbocycles. The van der Waals surface area contributed by atoms with Gasteiger partial charge in [0.1, 0.15) is 0 Å². The van der Waals surface area contributed by atoms with Crippen molar-refractivity contribution in [1.82, 2.24) is 10.3 Å². The van der Waals surface area contributed by atoms with Gasteiger partial charge >= 0.3 is 0 Å². The van der Waals surface area contributed by atoms with Gasteiger partial charge in [-0.15, -0.1) is 0 Å². The highest BCUT2D eigenvalue weighted by molar-refractivity contribution is 5.98. The number of hydrogen-bond donors (Lipinski definition) is 3. The molecule has 4 nitrogen and oxygen atoms in total. The molecular weight excluding hydrogens is 252 g/mol. The maximum atomic E-state index is 12.1. The van der Waals surface area contributed by atoms with Gasteiger partial charge in [0.25, 0.3) is 5.91 Å². The van der Waals surface area contributed by atoms with Gasteiger partial charge in [0.15, 0.2) is 0 Å². The molecule has 1 aromatic heterocycles. The van der Waals surface area contributed by atoms with Gasteiger partial charge in [-0.05, 0) is 43.0 Å². The third kappa shape index (κ3) is 3.61. The van der Waals surface area contributed by atoms with Gasteiger partial charge in [0, 0.05) is 35.8 Å². The summed E-state index contributed by atoms with van der Waals surface area (Å²) < 4.78 is 0. The number of fused-ring (bicyclic) bond motifs is 1. The van der Waals surface area contributed by atoms with Gasteiger partial charge in [-0.2, -0.15) is 0 Å². The fourth-order valence-corrected chi connectivity index (χ4v) is 2.47. The van der Waals surface area contributed by atoms with Gasteiger partial charge in [0.2, 0.25) is 0 Å². The summed E-state index contributed by atoms with van der Waals surface area (Å²) in [5, 5.41) is 13.0. The van der Waals surface area contributed by atoms with E-state index in [2.05, 4.69) is 17.2 Å². The lowest BCUT2D eigenvalue weighted by Gasteiger charge is -2.15. The van der Waals surface area contributed by atoms with Crippen LogP contribution in [0.3, 0.4) is 0 Å². The molecule has 0 aliphatic carbocycles. The van der Waals surface area contributed by atoms with Crippen LogP contribution in [0.1, 0.15) is 36.5 Å². The molecule has 20 heavy (non-hydrogen) atoms. The summed E-state index contributed by atoms with van der Waals surface area (Å²) >= 11 is 0. The molecule has 4 heteroatoms. The Morgan fingerprint density at radius 3 is 2.95 bits per heavy atom. The number of carbonyl (C=O) groups is 1. The van der Waals surface area contributed by atoms with E-state index in [0.29, 0.717) is 18.0 Å². The number of H-pyrrole nitrogens is 1. The van der Waals surface area contributed by atoms with E-state index < -0.39 is 0 Å². The Bertz CT molecular complexity index is 556. The first-order valence-electron chi connectivity index (χ1n) is 7.20. The Balaban J connectivity index is 1.96. The van der Waals surface area contributed by atoms with Crippen molar-refractivity contribution in [3.8, 4) is 0 Å². The lowest BCUT2D eigenvalue weighted by molar-refractivity contribution is 0.0943. The molecule has 0 saturated carbocycles. The number of carbonyl (C=O) groups excluding carboxylic acids is 1. The SMILES string of the molecule is CCCC(CCO)CNC(=O)c1ccc2[nH]ccc2c1. The lowest BCUT2D eigenvalue weighted by atomic mass is 10.00. The molecule has 1 atom stereocenters. The number of hydrogen-bond acceptors (Lipinski definition) is 2. The molecule has 0 aliphatic rings. The maximum absolute atomic E-state index is 12.1. The van der Waals surface area contributed by atoms with E-state index in [-0.39, 0.29) is 12.5 Å². The van der Waals surface area contributed by atoms with Crippen LogP contribution in [-0.4, -0.2) is 29.1 Å². The Labute approximate surface area is 119 Å². The average Bonchev–Trinajstić information content (AvgIpc) is 2.92. The van der Waals surface area contributed by atoms with Crippen molar-refractivity contribution in [1.29, 1.82) is 0 Å². The quantitative estimate of drug-likeness (QED) is 0.727. The van der Waals surface area contributed by atoms with Crippen molar-refractivity contribution in [3.05, 3.63) is 36.0 Å². The number of aliphatic hydroxyl groups excluding tert-OH is 1. The summed E-state index contributed by atoms with van der Waals surface area (Å²) in [4.78, 5) is 15.2. The van der Waals surface area contributed by atoms with Crippen LogP contribution in [0.4, 0.5) is 0 Å². The molecule has 0 fully saturated rings. The van der Waals surface area contributed by atoms with Crippen LogP contribution in [0.5, 0.6) is 0 Å². The van der Waals surface area contributed by atoms with Crippen molar-refractivity contribution >= 4 is 16.8 Å². The number of benzene rings is 1. The van der Waals surface area contributed by atoms with Gasteiger partial charge in [-0.1, -0.05) is 13.3 Å². The first-order chi connectivity index (χ1) is 9.74. The number of nitrogens with one attached hydrogen (secondary N) is 2. The van der Waals surface area contributed by atoms with E-state index >= 15 is 0 Å². The Kier molecular flexibility index (Phi) is 5.18. The third-order valence-electron chi connectivity index (χ3n) is 3.60. The van der Waals surface area contributed by atoms with Gasteiger partial charge in [-0.3, -0.25) is 4.79 Å². The van der Waals surface area contributed by atoms with Crippen LogP contribution in [0.25, 0.3) is 10.9 Å². The number of aromatic amines is 1. The molecule has 2 aromatic rings. The second kappa shape index (κ2) is 7.10. The van der Waals surface area contributed by atoms with Crippen LogP contribution in [0.15, 0.2) is 30.5 Å². The minimum Gasteiger partial charge on any atom is -0.396 e. The second-order valence-corrected chi connectivity index (χ2v) is 5.16. The van der Waals surface area contributed by atoms with Crippen molar-refractivity contribution in [2.45, 2.75) is 26.2 Å². The Morgan fingerprint density at radius 2 is 2.20 bits per heavy atom. The summed E-state index contributed by atoms with van der Waals surface area (Å²) in [6.07, 6.45) is 4.70. The summed E-state index contributed by atoms with van der Waals surface area (Å²) in [5.41, 5.74) is 1.71. The predicted molar refractivity (Wildman–Crippen MR) is 80.7 cm³/mol. The Hall–Kier alpha value is -1.81. The third-order valence-corrected chi connectivity index (χ3v) is 3.60. The van der Waals surface area contributed by atoms with E-state index in [9.17, 15) is 4.79 Å². The van der Waals surface area contributed by atoms with Crippen LogP contribution in [-0.2, 0) is 0 Å². The number of aromatic nitrogens is 1. The van der Waals surface area contributed by atoms with Gasteiger partial charge in [-0.25, -0.2) is 0 Å². The minimum absolute atomic E-state index is 0.0489. The molecule has 1 amide bonds. The second-order valence-electron chi connectivity index (χ2n) is 5.16. The first kappa shape index (κ1) is 14.6. The van der Waals surface area contributed by atoms with E-state index in [1.807, 2.05) is 30.5 Å². The smallest absolute Gasteiger partial charge is 0.251 e. The minimum atomic E-state index is -0.0489. The van der Waals surface area contributed by atoms with E-state index in [1.165, 1.54) is 0 Å². The lowest BCUT2D eigenvalue weighted by Crippen LogP contribution is -2.29. The molecule has 1 unspecified atom stereocenters. The summed E-state index contributed by atoms with van der Waals surface area (Å²) in [7, 11) is 0. The highest BCUT2D eigenvalue weighted by Crippen LogP contribution is 2.15. The maximum Gasteiger partial charge on any atom is 0.251 e. The van der Waals surface area contributed by atoms with E-state index in [0.717, 1.165) is 30.2 Å². The van der Waals surface area contributed by atoms with Gasteiger partial charge < -0.3 is 15.4 Å². The average molecular weight is 274 g/mol. The van der Waals surface area contributed by atoms with Crippen molar-refractivity contribution < 1.29 is 9.90 Å². The molecule has 108 valence electrons. The Morgan fingerprint density at radius 1 is 1.35 bits per heavy atom. The molecule has 2 rings (SSSR count). The molecule has 1 heterocycles. The molecule has 0 radical (unpaired) electrons. The monoisotopic (exact) mass is 274 g/mol. The topological polar surface area (TPSA) is 65.1 Å². The highest BCUT2D eigenvalue weighted by atomic mass is 16.3. The zero-order valence-electron chi connectivity index (χ0n) is 11.9. The summed E-state index contributed by atoms with van der Waals surface area (Å²) in [6.45, 7) is 2.92.